The minimum Gasteiger partial charge on any atom is -0.333 e. The van der Waals surface area contributed by atoms with Crippen LogP contribution in [0.25, 0.3) is 22.2 Å². The van der Waals surface area contributed by atoms with Crippen LogP contribution in [0.2, 0.25) is 0 Å². The highest BCUT2D eigenvalue weighted by Crippen LogP contribution is 2.29. The Labute approximate surface area is 146 Å². The average molecular weight is 330 g/mol. The maximum absolute atomic E-state index is 4.65. The van der Waals surface area contributed by atoms with Crippen molar-refractivity contribution in [2.75, 3.05) is 0 Å². The predicted octanol–water partition coefficient (Wildman–Crippen LogP) is 5.83. The molecule has 1 aromatic heterocycles. The van der Waals surface area contributed by atoms with Crippen LogP contribution in [-0.2, 0) is 5.75 Å². The second-order valence-electron chi connectivity index (χ2n) is 5.80. The Hall–Kier alpha value is -2.52. The molecule has 2 nitrogen and oxygen atoms in total. The quantitative estimate of drug-likeness (QED) is 0.477. The van der Waals surface area contributed by atoms with Gasteiger partial charge < -0.3 is 4.98 Å². The number of para-hydroxylation sites is 2. The van der Waals surface area contributed by atoms with E-state index >= 15 is 0 Å². The van der Waals surface area contributed by atoms with E-state index in [1.807, 2.05) is 18.2 Å². The molecule has 0 atom stereocenters. The van der Waals surface area contributed by atoms with Crippen molar-refractivity contribution < 1.29 is 0 Å². The maximum atomic E-state index is 4.65. The topological polar surface area (TPSA) is 28.7 Å². The van der Waals surface area contributed by atoms with Crippen LogP contribution in [-0.4, -0.2) is 9.97 Å². The van der Waals surface area contributed by atoms with Crippen molar-refractivity contribution >= 4 is 22.8 Å². The first-order chi connectivity index (χ1) is 11.8. The first kappa shape index (κ1) is 15.0. The zero-order valence-corrected chi connectivity index (χ0v) is 14.3. The second kappa shape index (κ2) is 6.54. The summed E-state index contributed by atoms with van der Waals surface area (Å²) in [6.45, 7) is 2.21. The molecule has 0 aliphatic rings. The van der Waals surface area contributed by atoms with E-state index in [0.29, 0.717) is 0 Å². The van der Waals surface area contributed by atoms with Gasteiger partial charge in [-0.15, -0.1) is 0 Å². The lowest BCUT2D eigenvalue weighted by Gasteiger charge is -2.11. The van der Waals surface area contributed by atoms with Gasteiger partial charge in [-0.05, 0) is 41.3 Å². The molecule has 3 aromatic carbocycles. The monoisotopic (exact) mass is 330 g/mol. The molecule has 3 heteroatoms. The van der Waals surface area contributed by atoms with Crippen molar-refractivity contribution in [2.45, 2.75) is 17.8 Å². The molecule has 0 saturated heterocycles. The van der Waals surface area contributed by atoms with Crippen molar-refractivity contribution in [3.63, 3.8) is 0 Å². The lowest BCUT2D eigenvalue weighted by atomic mass is 9.97. The molecule has 1 heterocycles. The molecule has 0 amide bonds. The van der Waals surface area contributed by atoms with Gasteiger partial charge in [-0.2, -0.15) is 0 Å². The molecule has 0 fully saturated rings. The smallest absolute Gasteiger partial charge is 0.166 e. The van der Waals surface area contributed by atoms with Crippen LogP contribution in [0.3, 0.4) is 0 Å². The van der Waals surface area contributed by atoms with Gasteiger partial charge in [0, 0.05) is 5.75 Å². The second-order valence-corrected chi connectivity index (χ2v) is 6.77. The minimum atomic E-state index is 0.909. The first-order valence-electron chi connectivity index (χ1n) is 8.03. The summed E-state index contributed by atoms with van der Waals surface area (Å²) < 4.78 is 0. The molecule has 24 heavy (non-hydrogen) atoms. The Morgan fingerprint density at radius 1 is 0.875 bits per heavy atom. The average Bonchev–Trinajstić information content (AvgIpc) is 3.04. The Kier molecular flexibility index (Phi) is 4.09. The largest absolute Gasteiger partial charge is 0.333 e. The fourth-order valence-electron chi connectivity index (χ4n) is 2.91. The number of aromatic amines is 1. The van der Waals surface area contributed by atoms with Gasteiger partial charge in [-0.25, -0.2) is 4.98 Å². The maximum Gasteiger partial charge on any atom is 0.166 e. The van der Waals surface area contributed by atoms with Crippen LogP contribution in [0.15, 0.2) is 78.0 Å². The molecule has 0 bridgehead atoms. The number of fused-ring (bicyclic) bond motifs is 1. The van der Waals surface area contributed by atoms with Crippen LogP contribution in [0.1, 0.15) is 11.1 Å². The number of aromatic nitrogens is 2. The Bertz CT molecular complexity index is 940. The summed E-state index contributed by atoms with van der Waals surface area (Å²) in [5, 5.41) is 0.973. The fraction of sp³-hybridized carbons (Fsp3) is 0.0952. The van der Waals surface area contributed by atoms with Gasteiger partial charge in [0.05, 0.1) is 11.0 Å². The molecule has 0 saturated carbocycles. The van der Waals surface area contributed by atoms with E-state index in [-0.39, 0.29) is 0 Å². The number of nitrogens with one attached hydrogen (secondary N) is 1. The Balaban J connectivity index is 1.58. The fourth-order valence-corrected chi connectivity index (χ4v) is 3.86. The van der Waals surface area contributed by atoms with E-state index in [9.17, 15) is 0 Å². The Morgan fingerprint density at radius 2 is 1.67 bits per heavy atom. The standard InChI is InChI=1S/C21H18N2S/c1-15-17(10-7-11-18(15)16-8-3-2-4-9-16)14-24-21-22-19-12-5-6-13-20(19)23-21/h2-13H,14H2,1H3,(H,22,23). The normalized spacial score (nSPS) is 11.0. The molecular weight excluding hydrogens is 312 g/mol. The van der Waals surface area contributed by atoms with Crippen molar-refractivity contribution in [1.29, 1.82) is 0 Å². The van der Waals surface area contributed by atoms with Gasteiger partial charge >= 0.3 is 0 Å². The van der Waals surface area contributed by atoms with Gasteiger partial charge in [0.25, 0.3) is 0 Å². The number of thioether (sulfide) groups is 1. The molecule has 0 unspecified atom stereocenters. The van der Waals surface area contributed by atoms with E-state index in [4.69, 9.17) is 0 Å². The zero-order chi connectivity index (χ0) is 16.4. The van der Waals surface area contributed by atoms with Crippen molar-refractivity contribution in [3.8, 4) is 11.1 Å². The zero-order valence-electron chi connectivity index (χ0n) is 13.5. The highest BCUT2D eigenvalue weighted by Gasteiger charge is 2.08. The molecule has 0 spiro atoms. The SMILES string of the molecule is Cc1c(CSc2nc3ccccc3[nH]2)cccc1-c1ccccc1. The van der Waals surface area contributed by atoms with Crippen molar-refractivity contribution in [3.05, 3.63) is 83.9 Å². The highest BCUT2D eigenvalue weighted by atomic mass is 32.2. The van der Waals surface area contributed by atoms with Gasteiger partial charge in [-0.3, -0.25) is 0 Å². The summed E-state index contributed by atoms with van der Waals surface area (Å²) in [6.07, 6.45) is 0. The van der Waals surface area contributed by atoms with Crippen LogP contribution in [0.5, 0.6) is 0 Å². The lowest BCUT2D eigenvalue weighted by Crippen LogP contribution is -1.91. The summed E-state index contributed by atoms with van der Waals surface area (Å²) in [4.78, 5) is 8.03. The van der Waals surface area contributed by atoms with E-state index in [1.165, 1.54) is 22.3 Å². The number of hydrogen-bond donors (Lipinski definition) is 1. The summed E-state index contributed by atoms with van der Waals surface area (Å²) in [5.41, 5.74) is 7.38. The van der Waals surface area contributed by atoms with E-state index in [0.717, 1.165) is 21.9 Å². The third kappa shape index (κ3) is 2.95. The third-order valence-corrected chi connectivity index (χ3v) is 5.18. The number of nitrogens with zero attached hydrogens (tertiary/aromatic N) is 1. The molecule has 4 aromatic rings. The molecule has 1 N–H and O–H groups in total. The highest BCUT2D eigenvalue weighted by molar-refractivity contribution is 7.98. The molecular formula is C21H18N2S. The number of H-pyrrole nitrogens is 1. The van der Waals surface area contributed by atoms with E-state index < -0.39 is 0 Å². The van der Waals surface area contributed by atoms with E-state index in [1.54, 1.807) is 11.8 Å². The van der Waals surface area contributed by atoms with Gasteiger partial charge in [0.1, 0.15) is 0 Å². The summed E-state index contributed by atoms with van der Waals surface area (Å²) in [7, 11) is 0. The van der Waals surface area contributed by atoms with Crippen molar-refractivity contribution in [2.24, 2.45) is 0 Å². The molecule has 4 rings (SSSR count). The number of hydrogen-bond acceptors (Lipinski definition) is 2. The molecule has 0 aliphatic carbocycles. The molecule has 0 aliphatic heterocycles. The number of imidazole rings is 1. The summed E-state index contributed by atoms with van der Waals surface area (Å²) >= 11 is 1.75. The van der Waals surface area contributed by atoms with Gasteiger partial charge in [0.2, 0.25) is 0 Å². The van der Waals surface area contributed by atoms with Crippen LogP contribution in [0.4, 0.5) is 0 Å². The Morgan fingerprint density at radius 3 is 2.50 bits per heavy atom. The van der Waals surface area contributed by atoms with Crippen LogP contribution in [0, 0.1) is 6.92 Å². The number of rotatable bonds is 4. The summed E-state index contributed by atoms with van der Waals surface area (Å²) in [6, 6.07) is 25.3. The molecule has 118 valence electrons. The molecule has 0 radical (unpaired) electrons. The third-order valence-electron chi connectivity index (χ3n) is 4.26. The van der Waals surface area contributed by atoms with Gasteiger partial charge in [0.15, 0.2) is 5.16 Å². The summed E-state index contributed by atoms with van der Waals surface area (Å²) in [5.74, 6) is 0.909. The van der Waals surface area contributed by atoms with Crippen LogP contribution < -0.4 is 0 Å². The lowest BCUT2D eigenvalue weighted by molar-refractivity contribution is 1.08. The predicted molar refractivity (Wildman–Crippen MR) is 102 cm³/mol. The minimum absolute atomic E-state index is 0.909. The van der Waals surface area contributed by atoms with Gasteiger partial charge in [-0.1, -0.05) is 72.4 Å². The first-order valence-corrected chi connectivity index (χ1v) is 9.01. The van der Waals surface area contributed by atoms with Crippen molar-refractivity contribution in [1.82, 2.24) is 9.97 Å². The number of benzene rings is 3. The van der Waals surface area contributed by atoms with Crippen LogP contribution >= 0.6 is 11.8 Å². The van der Waals surface area contributed by atoms with E-state index in [2.05, 4.69) is 71.5 Å².